The second kappa shape index (κ2) is 7.33. The first-order chi connectivity index (χ1) is 12.4. The highest BCUT2D eigenvalue weighted by atomic mass is 32.1. The first-order valence-electron chi connectivity index (χ1n) is 8.13. The minimum absolute atomic E-state index is 0.220. The van der Waals surface area contributed by atoms with Gasteiger partial charge in [0.2, 0.25) is 0 Å². The monoisotopic (exact) mass is 408 g/mol. The van der Waals surface area contributed by atoms with Crippen LogP contribution in [0.4, 0.5) is 18.0 Å². The van der Waals surface area contributed by atoms with E-state index in [1.54, 1.807) is 18.2 Å². The van der Waals surface area contributed by atoms with E-state index in [1.807, 2.05) is 0 Å². The summed E-state index contributed by atoms with van der Waals surface area (Å²) < 4.78 is 43.4. The van der Waals surface area contributed by atoms with Crippen molar-refractivity contribution in [3.8, 4) is 5.75 Å². The number of quaternary nitrogens is 1. The number of benzene rings is 1. The van der Waals surface area contributed by atoms with Crippen molar-refractivity contribution in [3.05, 3.63) is 29.8 Å². The normalized spacial score (nSPS) is 29.4. The van der Waals surface area contributed by atoms with Crippen molar-refractivity contribution in [2.24, 2.45) is 5.92 Å². The average molecular weight is 408 g/mol. The molecule has 10 heteroatoms. The summed E-state index contributed by atoms with van der Waals surface area (Å²) in [4.78, 5) is 24.8. The molecule has 1 aliphatic heterocycles. The molecule has 0 spiro atoms. The molecule has 27 heavy (non-hydrogen) atoms. The Hall–Kier alpha value is -1.78. The third kappa shape index (κ3) is 3.53. The highest BCUT2D eigenvalue weighted by molar-refractivity contribution is 7.80. The van der Waals surface area contributed by atoms with Gasteiger partial charge in [0.05, 0.1) is 7.11 Å². The maximum atomic E-state index is 13.3. The number of nitrogens with zero attached hydrogens (tertiary/aromatic N) is 1. The number of thiol groups is 1. The summed E-state index contributed by atoms with van der Waals surface area (Å²) in [6.45, 7) is 0.606. The fourth-order valence-corrected chi connectivity index (χ4v) is 4.11. The molecule has 150 valence electrons. The lowest BCUT2D eigenvalue weighted by Crippen LogP contribution is -2.63. The van der Waals surface area contributed by atoms with E-state index in [0.717, 1.165) is 0 Å². The molecule has 0 radical (unpaired) electrons. The van der Waals surface area contributed by atoms with E-state index in [-0.39, 0.29) is 17.7 Å². The summed E-state index contributed by atoms with van der Waals surface area (Å²) in [6.07, 6.45) is -6.90. The van der Waals surface area contributed by atoms with Crippen molar-refractivity contribution >= 4 is 24.6 Å². The Morgan fingerprint density at radius 2 is 2.00 bits per heavy atom. The van der Waals surface area contributed by atoms with E-state index in [1.165, 1.54) is 20.1 Å². The Balaban J connectivity index is 2.56. The maximum absolute atomic E-state index is 13.3. The minimum atomic E-state index is -4.94. The van der Waals surface area contributed by atoms with Crippen LogP contribution in [0, 0.1) is 5.92 Å². The number of alkyl halides is 3. The molecule has 2 N–H and O–H groups in total. The number of amides is 2. The molecule has 2 rings (SSSR count). The van der Waals surface area contributed by atoms with E-state index < -0.39 is 52.5 Å². The number of halogens is 3. The van der Waals surface area contributed by atoms with Gasteiger partial charge in [0, 0.05) is 17.7 Å². The topological polar surface area (TPSA) is 83.8 Å². The lowest BCUT2D eigenvalue weighted by molar-refractivity contribution is -0.798. The average Bonchev–Trinajstić information content (AvgIpc) is 2.87. The smallest absolute Gasteiger partial charge is 0.496 e. The van der Waals surface area contributed by atoms with E-state index >= 15 is 0 Å². The van der Waals surface area contributed by atoms with Gasteiger partial charge in [-0.05, 0) is 13.0 Å². The number of ether oxygens (including phenoxy) is 1. The second-order valence-corrected chi connectivity index (χ2v) is 7.07. The predicted octanol–water partition coefficient (Wildman–Crippen LogP) is 2.80. The second-order valence-electron chi connectivity index (χ2n) is 6.71. The lowest BCUT2D eigenvalue weighted by Gasteiger charge is -2.33. The zero-order chi connectivity index (χ0) is 20.6. The van der Waals surface area contributed by atoms with Crippen molar-refractivity contribution in [2.75, 3.05) is 19.4 Å². The van der Waals surface area contributed by atoms with Crippen molar-refractivity contribution in [1.82, 2.24) is 0 Å². The van der Waals surface area contributed by atoms with Gasteiger partial charge < -0.3 is 14.9 Å². The van der Waals surface area contributed by atoms with E-state index in [9.17, 15) is 33.0 Å². The first kappa shape index (κ1) is 21.5. The van der Waals surface area contributed by atoms with Crippen LogP contribution < -0.4 is 4.74 Å². The number of carbonyl (C=O) groups is 2. The maximum Gasteiger partial charge on any atom is 0.521 e. The number of hydrogen-bond donors (Lipinski definition) is 3. The molecule has 6 nitrogen and oxygen atoms in total. The summed E-state index contributed by atoms with van der Waals surface area (Å²) in [5.74, 6) is -4.72. The van der Waals surface area contributed by atoms with E-state index in [2.05, 4.69) is 12.6 Å². The highest BCUT2D eigenvalue weighted by Crippen LogP contribution is 2.46. The van der Waals surface area contributed by atoms with Gasteiger partial charge in [0.25, 0.3) is 0 Å². The molecular formula is C17H21F3NO5S+. The predicted molar refractivity (Wildman–Crippen MR) is 92.5 cm³/mol. The molecule has 0 aliphatic carbocycles. The number of carbonyl (C=O) groups excluding carboxylic acids is 1. The molecule has 4 atom stereocenters. The summed E-state index contributed by atoms with van der Waals surface area (Å²) in [6, 6.07) is 5.17. The number of methoxy groups -OCH3 is 1. The number of imide groups is 1. The standard InChI is InChI=1S/C17H20F3NO5S/c1-10-7-16(25,11-5-3-4-6-13(11)26-2)9-21(10,15(23)24)14(22)12(8-27)17(18,19)20/h3-6,10,12,25H,7-9H2,1-2H3,(H-,23,24,27)/p+1/t10?,12?,16?,21-/m0/s1. The van der Waals surface area contributed by atoms with Gasteiger partial charge in [0.1, 0.15) is 23.9 Å². The number of likely N-dealkylation sites (tertiary alicyclic amines) is 1. The van der Waals surface area contributed by atoms with E-state index in [0.29, 0.717) is 0 Å². The molecule has 1 saturated heterocycles. The number of para-hydroxylation sites is 1. The minimum Gasteiger partial charge on any atom is -0.496 e. The molecule has 1 aromatic rings. The first-order valence-corrected chi connectivity index (χ1v) is 8.76. The molecule has 3 unspecified atom stereocenters. The van der Waals surface area contributed by atoms with Crippen LogP contribution in [0.5, 0.6) is 5.75 Å². The molecule has 1 fully saturated rings. The summed E-state index contributed by atoms with van der Waals surface area (Å²) in [5.41, 5.74) is -1.62. The molecule has 2 amide bonds. The Bertz CT molecular complexity index is 744. The Morgan fingerprint density at radius 3 is 2.48 bits per heavy atom. The number of hydrogen-bond acceptors (Lipinski definition) is 5. The fraction of sp³-hybridized carbons (Fsp3) is 0.529. The summed E-state index contributed by atoms with van der Waals surface area (Å²) >= 11 is 3.59. The van der Waals surface area contributed by atoms with Gasteiger partial charge in [0.15, 0.2) is 5.92 Å². The molecule has 0 bridgehead atoms. The van der Waals surface area contributed by atoms with Crippen LogP contribution in [0.3, 0.4) is 0 Å². The molecular weight excluding hydrogens is 387 g/mol. The van der Waals surface area contributed by atoms with Crippen LogP contribution >= 0.6 is 12.6 Å². The van der Waals surface area contributed by atoms with Crippen molar-refractivity contribution in [2.45, 2.75) is 31.2 Å². The van der Waals surface area contributed by atoms with Crippen LogP contribution in [0.2, 0.25) is 0 Å². The third-order valence-electron chi connectivity index (χ3n) is 5.12. The highest BCUT2D eigenvalue weighted by Gasteiger charge is 2.66. The van der Waals surface area contributed by atoms with Crippen LogP contribution in [-0.2, 0) is 10.4 Å². The zero-order valence-corrected chi connectivity index (χ0v) is 15.6. The third-order valence-corrected chi connectivity index (χ3v) is 5.48. The van der Waals surface area contributed by atoms with Crippen LogP contribution in [0.15, 0.2) is 24.3 Å². The largest absolute Gasteiger partial charge is 0.521 e. The van der Waals surface area contributed by atoms with Gasteiger partial charge >= 0.3 is 18.2 Å². The fourth-order valence-electron chi connectivity index (χ4n) is 3.75. The lowest BCUT2D eigenvalue weighted by atomic mass is 9.90. The Kier molecular flexibility index (Phi) is 5.84. The number of carboxylic acid groups (broad SMARTS) is 1. The van der Waals surface area contributed by atoms with Crippen LogP contribution in [0.25, 0.3) is 0 Å². The number of aliphatic hydroxyl groups is 1. The quantitative estimate of drug-likeness (QED) is 0.527. The Labute approximate surface area is 159 Å². The SMILES string of the molecule is COc1ccccc1C1(O)CC(C)[N@+](C(=O)O)(C(=O)C(CS)C(F)(F)F)C1. The van der Waals surface area contributed by atoms with Gasteiger partial charge in [-0.3, -0.25) is 0 Å². The summed E-state index contributed by atoms with van der Waals surface area (Å²) in [5, 5.41) is 20.9. The van der Waals surface area contributed by atoms with Crippen molar-refractivity contribution in [1.29, 1.82) is 0 Å². The zero-order valence-electron chi connectivity index (χ0n) is 14.7. The van der Waals surface area contributed by atoms with Crippen LogP contribution in [0.1, 0.15) is 18.9 Å². The van der Waals surface area contributed by atoms with Crippen LogP contribution in [-0.4, -0.2) is 58.3 Å². The molecule has 0 aromatic heterocycles. The molecule has 1 heterocycles. The summed E-state index contributed by atoms with van der Waals surface area (Å²) in [7, 11) is 1.35. The molecule has 1 aromatic carbocycles. The van der Waals surface area contributed by atoms with Crippen molar-refractivity contribution in [3.63, 3.8) is 0 Å². The van der Waals surface area contributed by atoms with Gasteiger partial charge in [-0.1, -0.05) is 18.2 Å². The van der Waals surface area contributed by atoms with Gasteiger partial charge in [-0.25, -0.2) is 4.79 Å². The van der Waals surface area contributed by atoms with Gasteiger partial charge in [-0.15, -0.1) is 0 Å². The Morgan fingerprint density at radius 1 is 1.41 bits per heavy atom. The molecule has 1 aliphatic rings. The van der Waals surface area contributed by atoms with Gasteiger partial charge in [-0.2, -0.15) is 35.1 Å². The number of rotatable bonds is 4. The van der Waals surface area contributed by atoms with Crippen molar-refractivity contribution < 1.29 is 42.2 Å². The molecule has 0 saturated carbocycles. The van der Waals surface area contributed by atoms with E-state index in [4.69, 9.17) is 4.74 Å².